The molecule has 1 amide bonds. The van der Waals surface area contributed by atoms with Gasteiger partial charge in [0.15, 0.2) is 6.54 Å². The summed E-state index contributed by atoms with van der Waals surface area (Å²) in [7, 11) is 6.47. The van der Waals surface area contributed by atoms with Crippen molar-refractivity contribution in [1.82, 2.24) is 0 Å². The molecule has 0 radical (unpaired) electrons. The van der Waals surface area contributed by atoms with Gasteiger partial charge in [0.25, 0.3) is 5.91 Å². The summed E-state index contributed by atoms with van der Waals surface area (Å²) in [6.07, 6.45) is 2.07. The molecule has 1 heterocycles. The number of likely N-dealkylation sites (tertiary alicyclic amines) is 1. The van der Waals surface area contributed by atoms with Crippen LogP contribution in [0, 0.1) is 0 Å². The first kappa shape index (κ1) is 20.8. The minimum absolute atomic E-state index is 0.0640. The largest absolute Gasteiger partial charge is 0.497 e. The third kappa shape index (κ3) is 4.74. The van der Waals surface area contributed by atoms with Crippen LogP contribution < -0.4 is 29.2 Å². The van der Waals surface area contributed by atoms with E-state index in [0.717, 1.165) is 36.4 Å². The van der Waals surface area contributed by atoms with Crippen LogP contribution in [-0.2, 0) is 4.79 Å². The fourth-order valence-electron chi connectivity index (χ4n) is 3.92. The summed E-state index contributed by atoms with van der Waals surface area (Å²) in [5.74, 6) is 2.75. The van der Waals surface area contributed by atoms with Gasteiger partial charge in [-0.1, -0.05) is 0 Å². The van der Waals surface area contributed by atoms with Crippen molar-refractivity contribution in [2.45, 2.75) is 18.9 Å². The van der Waals surface area contributed by atoms with Gasteiger partial charge < -0.3 is 29.2 Å². The van der Waals surface area contributed by atoms with E-state index in [2.05, 4.69) is 5.32 Å². The van der Waals surface area contributed by atoms with Gasteiger partial charge in [-0.2, -0.15) is 0 Å². The number of benzene rings is 2. The maximum absolute atomic E-state index is 12.8. The molecular formula is C22H29N2O5+. The van der Waals surface area contributed by atoms with E-state index in [1.54, 1.807) is 46.6 Å². The van der Waals surface area contributed by atoms with E-state index < -0.39 is 0 Å². The number of carbonyl (C=O) groups excluding carboxylic acids is 1. The number of quaternary nitrogens is 1. The van der Waals surface area contributed by atoms with Crippen LogP contribution in [0.3, 0.4) is 0 Å². The zero-order valence-electron chi connectivity index (χ0n) is 17.4. The summed E-state index contributed by atoms with van der Waals surface area (Å²) in [5.41, 5.74) is 1.71. The van der Waals surface area contributed by atoms with Gasteiger partial charge in [0.2, 0.25) is 0 Å². The molecule has 2 aromatic rings. The molecule has 0 aliphatic carbocycles. The molecule has 0 bridgehead atoms. The number of amides is 1. The van der Waals surface area contributed by atoms with Crippen LogP contribution in [0.2, 0.25) is 0 Å². The zero-order chi connectivity index (χ0) is 20.8. The van der Waals surface area contributed by atoms with Crippen molar-refractivity contribution >= 4 is 11.6 Å². The summed E-state index contributed by atoms with van der Waals surface area (Å²) < 4.78 is 21.5. The Labute approximate surface area is 171 Å². The Kier molecular flexibility index (Phi) is 6.82. The first-order valence-electron chi connectivity index (χ1n) is 9.68. The Hall–Kier alpha value is -2.93. The van der Waals surface area contributed by atoms with E-state index in [1.807, 2.05) is 18.2 Å². The molecule has 0 spiro atoms. The van der Waals surface area contributed by atoms with Crippen LogP contribution in [0.15, 0.2) is 36.4 Å². The highest BCUT2D eigenvalue weighted by atomic mass is 16.5. The Balaban J connectivity index is 1.74. The SMILES string of the molecule is COc1ccc(OC)c(NC(=O)C[NH+]2CCC[C@H]2c2ccc(OC)cc2OC)c1. The van der Waals surface area contributed by atoms with Crippen molar-refractivity contribution in [2.75, 3.05) is 46.8 Å². The Morgan fingerprint density at radius 2 is 1.66 bits per heavy atom. The van der Waals surface area contributed by atoms with Gasteiger partial charge in [0, 0.05) is 25.0 Å². The van der Waals surface area contributed by atoms with Crippen LogP contribution in [0.5, 0.6) is 23.0 Å². The molecule has 3 rings (SSSR count). The number of methoxy groups -OCH3 is 4. The van der Waals surface area contributed by atoms with E-state index in [1.165, 1.54) is 4.90 Å². The second kappa shape index (κ2) is 9.52. The monoisotopic (exact) mass is 401 g/mol. The number of nitrogens with one attached hydrogen (secondary N) is 2. The molecule has 7 nitrogen and oxygen atoms in total. The van der Waals surface area contributed by atoms with E-state index >= 15 is 0 Å². The number of hydrogen-bond acceptors (Lipinski definition) is 5. The third-order valence-electron chi connectivity index (χ3n) is 5.37. The number of anilines is 1. The Bertz CT molecular complexity index is 855. The second-order valence-electron chi connectivity index (χ2n) is 7.00. The predicted molar refractivity (Wildman–Crippen MR) is 110 cm³/mol. The van der Waals surface area contributed by atoms with Crippen molar-refractivity contribution in [3.63, 3.8) is 0 Å². The summed E-state index contributed by atoms with van der Waals surface area (Å²) in [6.45, 7) is 1.29. The van der Waals surface area contributed by atoms with Gasteiger partial charge in [0.1, 0.15) is 29.0 Å². The second-order valence-corrected chi connectivity index (χ2v) is 7.00. The van der Waals surface area contributed by atoms with Crippen LogP contribution in [-0.4, -0.2) is 47.4 Å². The highest BCUT2D eigenvalue weighted by Gasteiger charge is 2.33. The van der Waals surface area contributed by atoms with Gasteiger partial charge in [-0.25, -0.2) is 0 Å². The van der Waals surface area contributed by atoms with Crippen molar-refractivity contribution in [3.05, 3.63) is 42.0 Å². The number of carbonyl (C=O) groups is 1. The summed E-state index contributed by atoms with van der Waals surface area (Å²) in [5, 5.41) is 2.97. The molecule has 7 heteroatoms. The molecule has 1 fully saturated rings. The molecule has 29 heavy (non-hydrogen) atoms. The summed E-state index contributed by atoms with van der Waals surface area (Å²) >= 11 is 0. The van der Waals surface area contributed by atoms with E-state index in [9.17, 15) is 4.79 Å². The van der Waals surface area contributed by atoms with E-state index in [0.29, 0.717) is 23.7 Å². The average Bonchev–Trinajstić information content (AvgIpc) is 3.20. The Morgan fingerprint density at radius 3 is 2.34 bits per heavy atom. The van der Waals surface area contributed by atoms with Gasteiger partial charge in [-0.05, 0) is 24.3 Å². The standard InChI is InChI=1S/C22H28N2O5/c1-26-15-8-10-20(28-3)18(12-15)23-22(25)14-24-11-5-6-19(24)17-9-7-16(27-2)13-21(17)29-4/h7-10,12-13,19H,5-6,11,14H2,1-4H3,(H,23,25)/p+1/t19-/m0/s1. The lowest BCUT2D eigenvalue weighted by atomic mass is 10.0. The van der Waals surface area contributed by atoms with E-state index in [-0.39, 0.29) is 11.9 Å². The minimum Gasteiger partial charge on any atom is -0.497 e. The summed E-state index contributed by atoms with van der Waals surface area (Å²) in [6, 6.07) is 11.4. The zero-order valence-corrected chi connectivity index (χ0v) is 17.4. The van der Waals surface area contributed by atoms with Crippen LogP contribution >= 0.6 is 0 Å². The third-order valence-corrected chi connectivity index (χ3v) is 5.37. The van der Waals surface area contributed by atoms with Gasteiger partial charge >= 0.3 is 0 Å². The van der Waals surface area contributed by atoms with Crippen molar-refractivity contribution in [2.24, 2.45) is 0 Å². The molecule has 1 aliphatic rings. The van der Waals surface area contributed by atoms with Crippen molar-refractivity contribution in [1.29, 1.82) is 0 Å². The maximum atomic E-state index is 12.8. The first-order valence-corrected chi connectivity index (χ1v) is 9.68. The molecular weight excluding hydrogens is 372 g/mol. The van der Waals surface area contributed by atoms with Crippen LogP contribution in [0.4, 0.5) is 5.69 Å². The molecule has 0 aromatic heterocycles. The molecule has 2 N–H and O–H groups in total. The first-order chi connectivity index (χ1) is 14.1. The fourth-order valence-corrected chi connectivity index (χ4v) is 3.92. The van der Waals surface area contributed by atoms with Gasteiger partial charge in [-0.3, -0.25) is 4.79 Å². The molecule has 2 aromatic carbocycles. The number of ether oxygens (including phenoxy) is 4. The molecule has 1 saturated heterocycles. The number of rotatable bonds is 8. The molecule has 2 atom stereocenters. The van der Waals surface area contributed by atoms with Crippen LogP contribution in [0.1, 0.15) is 24.4 Å². The quantitative estimate of drug-likeness (QED) is 0.709. The maximum Gasteiger partial charge on any atom is 0.279 e. The van der Waals surface area contributed by atoms with E-state index in [4.69, 9.17) is 18.9 Å². The highest BCUT2D eigenvalue weighted by Crippen LogP contribution is 2.32. The lowest BCUT2D eigenvalue weighted by Crippen LogP contribution is -3.11. The molecule has 0 saturated carbocycles. The van der Waals surface area contributed by atoms with Gasteiger partial charge in [0.05, 0.1) is 46.2 Å². The minimum atomic E-state index is -0.0640. The van der Waals surface area contributed by atoms with Crippen molar-refractivity contribution < 1.29 is 28.6 Å². The fraction of sp³-hybridized carbons (Fsp3) is 0.409. The predicted octanol–water partition coefficient (Wildman–Crippen LogP) is 2.08. The molecule has 156 valence electrons. The highest BCUT2D eigenvalue weighted by molar-refractivity contribution is 5.93. The normalized spacial score (nSPS) is 18.2. The summed E-state index contributed by atoms with van der Waals surface area (Å²) in [4.78, 5) is 14.0. The van der Waals surface area contributed by atoms with Crippen LogP contribution in [0.25, 0.3) is 0 Å². The topological polar surface area (TPSA) is 70.5 Å². The average molecular weight is 401 g/mol. The van der Waals surface area contributed by atoms with Gasteiger partial charge in [-0.15, -0.1) is 0 Å². The lowest BCUT2D eigenvalue weighted by Gasteiger charge is -2.23. The lowest BCUT2D eigenvalue weighted by molar-refractivity contribution is -0.910. The van der Waals surface area contributed by atoms with Crippen molar-refractivity contribution in [3.8, 4) is 23.0 Å². The molecule has 1 aliphatic heterocycles. The molecule has 1 unspecified atom stereocenters. The smallest absolute Gasteiger partial charge is 0.279 e. The Morgan fingerprint density at radius 1 is 0.966 bits per heavy atom. The number of hydrogen-bond donors (Lipinski definition) is 2.